The van der Waals surface area contributed by atoms with Gasteiger partial charge in [0.2, 0.25) is 11.9 Å². The lowest BCUT2D eigenvalue weighted by molar-refractivity contribution is -0.108. The second-order valence-electron chi connectivity index (χ2n) is 10.4. The van der Waals surface area contributed by atoms with Crippen LogP contribution in [0, 0.1) is 11.8 Å². The summed E-state index contributed by atoms with van der Waals surface area (Å²) in [5.41, 5.74) is 3.59. The molecule has 5 heterocycles. The zero-order valence-electron chi connectivity index (χ0n) is 20.7. The zero-order valence-corrected chi connectivity index (χ0v) is 20.7. The minimum absolute atomic E-state index is 0.176. The minimum atomic E-state index is -2.60. The van der Waals surface area contributed by atoms with Gasteiger partial charge in [-0.3, -0.25) is 4.79 Å². The summed E-state index contributed by atoms with van der Waals surface area (Å²) in [5.74, 6) is -1.87. The van der Waals surface area contributed by atoms with E-state index < -0.39 is 5.92 Å². The highest BCUT2D eigenvalue weighted by Crippen LogP contribution is 2.41. The monoisotopic (exact) mass is 508 g/mol. The molecule has 1 aliphatic carbocycles. The molecule has 0 spiro atoms. The summed E-state index contributed by atoms with van der Waals surface area (Å²) in [6.45, 7) is 3.34. The molecule has 0 bridgehead atoms. The molecule has 6 rings (SSSR count). The highest BCUT2D eigenvalue weighted by Gasteiger charge is 2.45. The lowest BCUT2D eigenvalue weighted by Gasteiger charge is -2.34. The van der Waals surface area contributed by atoms with E-state index in [1.807, 2.05) is 24.5 Å². The van der Waals surface area contributed by atoms with Gasteiger partial charge in [-0.25, -0.2) is 18.3 Å². The third-order valence-electron chi connectivity index (χ3n) is 7.62. The number of aromatic amines is 1. The molecule has 4 aromatic heterocycles. The van der Waals surface area contributed by atoms with Crippen molar-refractivity contribution in [1.29, 1.82) is 0 Å². The van der Waals surface area contributed by atoms with Gasteiger partial charge in [0.05, 0.1) is 17.3 Å². The van der Waals surface area contributed by atoms with Gasteiger partial charge in [0.25, 0.3) is 5.91 Å². The molecule has 1 amide bonds. The van der Waals surface area contributed by atoms with Crippen molar-refractivity contribution in [2.75, 3.05) is 38.5 Å². The average molecular weight is 509 g/mol. The lowest BCUT2D eigenvalue weighted by atomic mass is 9.81. The van der Waals surface area contributed by atoms with Crippen molar-refractivity contribution in [3.8, 4) is 11.1 Å². The molecule has 0 radical (unpaired) electrons. The summed E-state index contributed by atoms with van der Waals surface area (Å²) in [6, 6.07) is 3.82. The zero-order chi connectivity index (χ0) is 25.6. The Morgan fingerprint density at radius 2 is 2.00 bits per heavy atom. The van der Waals surface area contributed by atoms with E-state index in [4.69, 9.17) is 0 Å². The number of pyridine rings is 1. The number of likely N-dealkylation sites (tertiary alicyclic amines) is 1. The first-order chi connectivity index (χ1) is 17.8. The molecule has 0 aromatic carbocycles. The third kappa shape index (κ3) is 4.87. The molecule has 2 aliphatic rings. The normalized spacial score (nSPS) is 18.8. The molecule has 1 saturated heterocycles. The van der Waals surface area contributed by atoms with Crippen LogP contribution in [0.1, 0.15) is 36.0 Å². The number of fused-ring (bicyclic) bond motifs is 2. The van der Waals surface area contributed by atoms with Gasteiger partial charge in [-0.1, -0.05) is 0 Å². The Morgan fingerprint density at radius 1 is 1.19 bits per heavy atom. The van der Waals surface area contributed by atoms with Crippen molar-refractivity contribution >= 4 is 28.4 Å². The van der Waals surface area contributed by atoms with E-state index in [0.29, 0.717) is 22.9 Å². The number of hydrogen-bond donors (Lipinski definition) is 3. The van der Waals surface area contributed by atoms with Crippen LogP contribution in [0.3, 0.4) is 0 Å². The summed E-state index contributed by atoms with van der Waals surface area (Å²) in [7, 11) is 2.16. The molecule has 1 saturated carbocycles. The van der Waals surface area contributed by atoms with Gasteiger partial charge in [-0.05, 0) is 62.5 Å². The molecule has 194 valence electrons. The number of H-pyrrole nitrogens is 1. The summed E-state index contributed by atoms with van der Waals surface area (Å²) in [5, 5.41) is 11.3. The van der Waals surface area contributed by atoms with Gasteiger partial charge in [0.15, 0.2) is 0 Å². The Balaban J connectivity index is 1.17. The number of carbonyl (C=O) groups is 1. The predicted octanol–water partition coefficient (Wildman–Crippen LogP) is 3.80. The van der Waals surface area contributed by atoms with E-state index in [2.05, 4.69) is 42.6 Å². The van der Waals surface area contributed by atoms with Crippen LogP contribution in [0.2, 0.25) is 0 Å². The van der Waals surface area contributed by atoms with Crippen LogP contribution in [0.25, 0.3) is 27.7 Å². The van der Waals surface area contributed by atoms with Gasteiger partial charge < -0.3 is 20.5 Å². The standard InChI is InChI=1S/C26H30F2N8O/c1-35-5-2-16(3-6-35)11-31-25-32-14-20-19(13-29-23(20)34-25)18-4-7-36-22(8-18)21(15-33-36)24(37)30-12-17-9-26(27,28)10-17/h4,7-8,13-17H,2-3,5-6,9-12H2,1H3,(H,30,37)(H2,29,31,32,34). The SMILES string of the molecule is CN1CCC(CNc2ncc3c(-c4ccn5ncc(C(=O)NCC6CC(F)(F)C6)c5c4)c[nH]c3n2)CC1. The number of piperidine rings is 1. The number of aromatic nitrogens is 5. The van der Waals surface area contributed by atoms with Gasteiger partial charge in [0, 0.05) is 55.5 Å². The van der Waals surface area contributed by atoms with Crippen molar-refractivity contribution in [2.45, 2.75) is 31.6 Å². The number of nitrogens with one attached hydrogen (secondary N) is 3. The number of carbonyl (C=O) groups excluding carboxylic acids is 1. The largest absolute Gasteiger partial charge is 0.354 e. The molecule has 11 heteroatoms. The van der Waals surface area contributed by atoms with Gasteiger partial charge in [-0.15, -0.1) is 0 Å². The Kier molecular flexibility index (Phi) is 6.02. The lowest BCUT2D eigenvalue weighted by Crippen LogP contribution is -2.42. The van der Waals surface area contributed by atoms with Crippen LogP contribution < -0.4 is 10.6 Å². The van der Waals surface area contributed by atoms with Crippen molar-refractivity contribution in [2.24, 2.45) is 11.8 Å². The van der Waals surface area contributed by atoms with E-state index in [9.17, 15) is 13.6 Å². The fourth-order valence-corrected chi connectivity index (χ4v) is 5.32. The Labute approximate surface area is 212 Å². The van der Waals surface area contributed by atoms with Crippen LogP contribution in [0.5, 0.6) is 0 Å². The number of rotatable bonds is 7. The van der Waals surface area contributed by atoms with E-state index in [0.717, 1.165) is 41.8 Å². The molecule has 4 aromatic rings. The fraction of sp³-hybridized carbons (Fsp3) is 0.462. The van der Waals surface area contributed by atoms with Gasteiger partial charge in [-0.2, -0.15) is 10.1 Å². The van der Waals surface area contributed by atoms with E-state index in [-0.39, 0.29) is 31.2 Å². The Bertz CT molecular complexity index is 1430. The maximum Gasteiger partial charge on any atom is 0.255 e. The number of anilines is 1. The smallest absolute Gasteiger partial charge is 0.255 e. The minimum Gasteiger partial charge on any atom is -0.354 e. The molecule has 3 N–H and O–H groups in total. The Hall–Kier alpha value is -3.60. The molecule has 9 nitrogen and oxygen atoms in total. The van der Waals surface area contributed by atoms with Crippen LogP contribution in [0.15, 0.2) is 36.9 Å². The second kappa shape index (κ2) is 9.37. The van der Waals surface area contributed by atoms with Crippen LogP contribution in [-0.2, 0) is 0 Å². The molecular formula is C26H30F2N8O. The van der Waals surface area contributed by atoms with Crippen LogP contribution in [-0.4, -0.2) is 74.5 Å². The second-order valence-corrected chi connectivity index (χ2v) is 10.4. The van der Waals surface area contributed by atoms with Crippen LogP contribution in [0.4, 0.5) is 14.7 Å². The van der Waals surface area contributed by atoms with E-state index >= 15 is 0 Å². The number of halogens is 2. The first-order valence-electron chi connectivity index (χ1n) is 12.7. The Morgan fingerprint density at radius 3 is 2.78 bits per heavy atom. The highest BCUT2D eigenvalue weighted by molar-refractivity contribution is 6.02. The number of amides is 1. The fourth-order valence-electron chi connectivity index (χ4n) is 5.32. The van der Waals surface area contributed by atoms with Crippen molar-refractivity contribution in [3.05, 3.63) is 42.5 Å². The van der Waals surface area contributed by atoms with Crippen molar-refractivity contribution in [1.82, 2.24) is 34.8 Å². The quantitative estimate of drug-likeness (QED) is 0.351. The number of alkyl halides is 2. The van der Waals surface area contributed by atoms with Gasteiger partial charge >= 0.3 is 0 Å². The molecule has 37 heavy (non-hydrogen) atoms. The summed E-state index contributed by atoms with van der Waals surface area (Å²) >= 11 is 0. The molecule has 0 atom stereocenters. The predicted molar refractivity (Wildman–Crippen MR) is 137 cm³/mol. The topological polar surface area (TPSA) is 103 Å². The summed E-state index contributed by atoms with van der Waals surface area (Å²) in [4.78, 5) is 27.6. The number of hydrogen-bond acceptors (Lipinski definition) is 6. The first kappa shape index (κ1) is 23.8. The first-order valence-corrected chi connectivity index (χ1v) is 12.7. The molecule has 2 fully saturated rings. The van der Waals surface area contributed by atoms with E-state index in [1.165, 1.54) is 19.0 Å². The number of nitrogens with zero attached hydrogens (tertiary/aromatic N) is 5. The molecular weight excluding hydrogens is 478 g/mol. The molecule has 0 unspecified atom stereocenters. The average Bonchev–Trinajstić information content (AvgIpc) is 3.49. The van der Waals surface area contributed by atoms with Crippen molar-refractivity contribution in [3.63, 3.8) is 0 Å². The summed E-state index contributed by atoms with van der Waals surface area (Å²) < 4.78 is 27.8. The van der Waals surface area contributed by atoms with Crippen molar-refractivity contribution < 1.29 is 13.6 Å². The van der Waals surface area contributed by atoms with Crippen LogP contribution >= 0.6 is 0 Å². The highest BCUT2D eigenvalue weighted by atomic mass is 19.3. The van der Waals surface area contributed by atoms with E-state index in [1.54, 1.807) is 10.7 Å². The maximum atomic E-state index is 13.1. The third-order valence-corrected chi connectivity index (χ3v) is 7.62. The summed E-state index contributed by atoms with van der Waals surface area (Å²) in [6.07, 6.45) is 8.99. The van der Waals surface area contributed by atoms with Gasteiger partial charge in [0.1, 0.15) is 5.65 Å². The maximum absolute atomic E-state index is 13.1. The molecule has 1 aliphatic heterocycles.